The highest BCUT2D eigenvalue weighted by Gasteiger charge is 2.22. The Labute approximate surface area is 93.6 Å². The van der Waals surface area contributed by atoms with E-state index in [2.05, 4.69) is 16.7 Å². The first-order chi connectivity index (χ1) is 7.29. The van der Waals surface area contributed by atoms with Crippen LogP contribution in [0, 0.1) is 5.92 Å². The fraction of sp³-hybridized carbons (Fsp3) is 0.333. The lowest BCUT2D eigenvalue weighted by Gasteiger charge is -2.05. The van der Waals surface area contributed by atoms with E-state index in [1.165, 1.54) is 16.6 Å². The number of hydrogen-bond donors (Lipinski definition) is 1. The van der Waals surface area contributed by atoms with E-state index in [1.54, 1.807) is 0 Å². The molecule has 1 aromatic heterocycles. The van der Waals surface area contributed by atoms with Gasteiger partial charge in [-0.3, -0.25) is 0 Å². The number of aromatic nitrogens is 1. The summed E-state index contributed by atoms with van der Waals surface area (Å²) in [4.78, 5) is 0. The molecule has 78 valence electrons. The smallest absolute Gasteiger partial charge is 0.0499 e. The van der Waals surface area contributed by atoms with Crippen LogP contribution < -0.4 is 5.73 Å². The van der Waals surface area contributed by atoms with Gasteiger partial charge in [-0.1, -0.05) is 17.7 Å². The first kappa shape index (κ1) is 9.25. The molecule has 0 fully saturated rings. The van der Waals surface area contributed by atoms with Gasteiger partial charge < -0.3 is 10.3 Å². The van der Waals surface area contributed by atoms with Gasteiger partial charge in [-0.25, -0.2) is 0 Å². The monoisotopic (exact) mass is 220 g/mol. The Morgan fingerprint density at radius 2 is 2.33 bits per heavy atom. The molecule has 2 heterocycles. The van der Waals surface area contributed by atoms with Crippen molar-refractivity contribution in [2.75, 3.05) is 6.54 Å². The summed E-state index contributed by atoms with van der Waals surface area (Å²) in [5.74, 6) is 0.600. The lowest BCUT2D eigenvalue weighted by molar-refractivity contribution is 0.530. The summed E-state index contributed by atoms with van der Waals surface area (Å²) in [6.45, 7) is 1.80. The second kappa shape index (κ2) is 3.26. The number of nitrogens with zero attached hydrogens (tertiary/aromatic N) is 1. The summed E-state index contributed by atoms with van der Waals surface area (Å²) in [5, 5.41) is 2.02. The summed E-state index contributed by atoms with van der Waals surface area (Å²) in [7, 11) is 0. The van der Waals surface area contributed by atoms with Gasteiger partial charge in [0.15, 0.2) is 0 Å². The Kier molecular flexibility index (Phi) is 2.01. The first-order valence-corrected chi connectivity index (χ1v) is 5.64. The molecule has 0 bridgehead atoms. The number of fused-ring (bicyclic) bond motifs is 3. The second-order valence-corrected chi connectivity index (χ2v) is 4.63. The Morgan fingerprint density at radius 3 is 3.13 bits per heavy atom. The highest BCUT2D eigenvalue weighted by atomic mass is 35.5. The quantitative estimate of drug-likeness (QED) is 0.786. The summed E-state index contributed by atoms with van der Waals surface area (Å²) >= 11 is 6.16. The zero-order chi connectivity index (χ0) is 10.4. The van der Waals surface area contributed by atoms with Crippen LogP contribution in [0.4, 0.5) is 0 Å². The van der Waals surface area contributed by atoms with Crippen LogP contribution >= 0.6 is 11.6 Å². The molecule has 2 N–H and O–H groups in total. The van der Waals surface area contributed by atoms with Crippen molar-refractivity contribution in [3.8, 4) is 0 Å². The van der Waals surface area contributed by atoms with E-state index in [0.29, 0.717) is 5.92 Å². The van der Waals surface area contributed by atoms with Gasteiger partial charge in [-0.05, 0) is 37.1 Å². The number of rotatable bonds is 1. The predicted octanol–water partition coefficient (Wildman–Crippen LogP) is 2.43. The molecular formula is C12H13ClN2. The maximum atomic E-state index is 6.16. The largest absolute Gasteiger partial charge is 0.344 e. The molecule has 1 aliphatic heterocycles. The van der Waals surface area contributed by atoms with E-state index in [9.17, 15) is 0 Å². The third-order valence-corrected chi connectivity index (χ3v) is 3.58. The van der Waals surface area contributed by atoms with E-state index >= 15 is 0 Å². The Hall–Kier alpha value is -0.990. The van der Waals surface area contributed by atoms with E-state index in [-0.39, 0.29) is 0 Å². The molecule has 0 aliphatic carbocycles. The molecule has 1 aromatic carbocycles. The van der Waals surface area contributed by atoms with Crippen molar-refractivity contribution in [3.05, 3.63) is 35.0 Å². The highest BCUT2D eigenvalue weighted by molar-refractivity contribution is 6.35. The summed E-state index contributed by atoms with van der Waals surface area (Å²) < 4.78 is 2.35. The van der Waals surface area contributed by atoms with Crippen molar-refractivity contribution in [1.29, 1.82) is 0 Å². The maximum absolute atomic E-state index is 6.16. The molecule has 0 saturated carbocycles. The van der Waals surface area contributed by atoms with Gasteiger partial charge in [-0.15, -0.1) is 0 Å². The van der Waals surface area contributed by atoms with Crippen molar-refractivity contribution >= 4 is 22.5 Å². The highest BCUT2D eigenvalue weighted by Crippen LogP contribution is 2.32. The molecule has 2 nitrogen and oxygen atoms in total. The van der Waals surface area contributed by atoms with Gasteiger partial charge in [0.05, 0.1) is 0 Å². The molecule has 1 aliphatic rings. The predicted molar refractivity (Wildman–Crippen MR) is 63.2 cm³/mol. The van der Waals surface area contributed by atoms with E-state index < -0.39 is 0 Å². The third-order valence-electron chi connectivity index (χ3n) is 3.25. The first-order valence-electron chi connectivity index (χ1n) is 5.26. The van der Waals surface area contributed by atoms with Crippen LogP contribution in [-0.2, 0) is 13.0 Å². The normalized spacial score (nSPS) is 19.7. The van der Waals surface area contributed by atoms with Crippen LogP contribution in [0.25, 0.3) is 10.9 Å². The van der Waals surface area contributed by atoms with Crippen molar-refractivity contribution in [2.45, 2.75) is 13.0 Å². The summed E-state index contributed by atoms with van der Waals surface area (Å²) in [6, 6.07) is 8.28. The molecule has 0 saturated heterocycles. The van der Waals surface area contributed by atoms with E-state index in [0.717, 1.165) is 24.5 Å². The average molecular weight is 221 g/mol. The van der Waals surface area contributed by atoms with Gasteiger partial charge >= 0.3 is 0 Å². The average Bonchev–Trinajstić information content (AvgIpc) is 2.76. The second-order valence-electron chi connectivity index (χ2n) is 4.22. The third kappa shape index (κ3) is 1.29. The SMILES string of the molecule is NCC1Cc2cc3c(Cl)cccc3n2C1. The number of benzene rings is 1. The summed E-state index contributed by atoms with van der Waals surface area (Å²) in [5.41, 5.74) is 8.32. The minimum atomic E-state index is 0.600. The van der Waals surface area contributed by atoms with Gasteiger partial charge in [0.25, 0.3) is 0 Å². The molecule has 3 rings (SSSR count). The zero-order valence-electron chi connectivity index (χ0n) is 8.41. The molecule has 3 heteroatoms. The maximum Gasteiger partial charge on any atom is 0.0499 e. The van der Waals surface area contributed by atoms with Crippen LogP contribution in [0.1, 0.15) is 5.69 Å². The van der Waals surface area contributed by atoms with Crippen molar-refractivity contribution in [2.24, 2.45) is 11.7 Å². The molecular weight excluding hydrogens is 208 g/mol. The van der Waals surface area contributed by atoms with Crippen molar-refractivity contribution < 1.29 is 0 Å². The van der Waals surface area contributed by atoms with Crippen molar-refractivity contribution in [3.63, 3.8) is 0 Å². The fourth-order valence-electron chi connectivity index (χ4n) is 2.46. The minimum Gasteiger partial charge on any atom is -0.344 e. The molecule has 15 heavy (non-hydrogen) atoms. The van der Waals surface area contributed by atoms with Crippen molar-refractivity contribution in [1.82, 2.24) is 4.57 Å². The molecule has 0 radical (unpaired) electrons. The number of hydrogen-bond acceptors (Lipinski definition) is 1. The molecule has 0 spiro atoms. The topological polar surface area (TPSA) is 30.9 Å². The van der Waals surface area contributed by atoms with Crippen LogP contribution in [0.5, 0.6) is 0 Å². The van der Waals surface area contributed by atoms with E-state index in [4.69, 9.17) is 17.3 Å². The summed E-state index contributed by atoms with van der Waals surface area (Å²) in [6.07, 6.45) is 1.08. The van der Waals surface area contributed by atoms with Crippen LogP contribution in [0.2, 0.25) is 5.02 Å². The lowest BCUT2D eigenvalue weighted by atomic mass is 10.1. The van der Waals surface area contributed by atoms with Gasteiger partial charge in [-0.2, -0.15) is 0 Å². The molecule has 2 aromatic rings. The van der Waals surface area contributed by atoms with Crippen LogP contribution in [0.3, 0.4) is 0 Å². The molecule has 1 atom stereocenters. The number of halogens is 1. The van der Waals surface area contributed by atoms with Gasteiger partial charge in [0, 0.05) is 28.2 Å². The minimum absolute atomic E-state index is 0.600. The zero-order valence-corrected chi connectivity index (χ0v) is 9.17. The lowest BCUT2D eigenvalue weighted by Crippen LogP contribution is -2.15. The molecule has 0 amide bonds. The van der Waals surface area contributed by atoms with Crippen LogP contribution in [-0.4, -0.2) is 11.1 Å². The van der Waals surface area contributed by atoms with Crippen LogP contribution in [0.15, 0.2) is 24.3 Å². The van der Waals surface area contributed by atoms with Gasteiger partial charge in [0.1, 0.15) is 0 Å². The Bertz CT molecular complexity index is 516. The van der Waals surface area contributed by atoms with Gasteiger partial charge in [0.2, 0.25) is 0 Å². The fourth-order valence-corrected chi connectivity index (χ4v) is 2.69. The molecule has 1 unspecified atom stereocenters. The number of nitrogens with two attached hydrogens (primary N) is 1. The van der Waals surface area contributed by atoms with E-state index in [1.807, 2.05) is 12.1 Å². The Balaban J connectivity index is 2.19. The standard InChI is InChI=1S/C12H13ClN2/c13-11-2-1-3-12-10(11)5-9-4-8(6-14)7-15(9)12/h1-3,5,8H,4,6-7,14H2. The Morgan fingerprint density at radius 1 is 1.47 bits per heavy atom.